The van der Waals surface area contributed by atoms with Crippen LogP contribution in [0.5, 0.6) is 0 Å². The summed E-state index contributed by atoms with van der Waals surface area (Å²) in [6.07, 6.45) is 4.66. The molecule has 9 heteroatoms. The number of aryl methyl sites for hydroxylation is 1. The maximum atomic E-state index is 12.7. The topological polar surface area (TPSA) is 77.5 Å². The molecular weight excluding hydrogens is 412 g/mol. The zero-order valence-corrected chi connectivity index (χ0v) is 18.4. The summed E-state index contributed by atoms with van der Waals surface area (Å²) in [5.41, 5.74) is 5.64. The largest absolute Gasteiger partial charge is 0.461 e. The molecule has 8 nitrogen and oxygen atoms in total. The Morgan fingerprint density at radius 3 is 3.00 bits per heavy atom. The van der Waals surface area contributed by atoms with Gasteiger partial charge in [0.25, 0.3) is 0 Å². The lowest BCUT2D eigenvalue weighted by atomic mass is 10.0. The van der Waals surface area contributed by atoms with Crippen LogP contribution in [-0.4, -0.2) is 48.2 Å². The standard InChI is InChI=1S/C22H24N6O2S/c1-3-30-21(29)20-17-13-26(14-19-15(2)24-22-27(19)10-11-31-22)9-7-18(17)28(25-20)12-16-6-4-5-8-23-16/h4-6,8,10-11H,3,7,9,12-14H2,1-2H3. The third kappa shape index (κ3) is 3.75. The van der Waals surface area contributed by atoms with Crippen LogP contribution in [0.3, 0.4) is 0 Å². The van der Waals surface area contributed by atoms with Crippen molar-refractivity contribution in [3.8, 4) is 0 Å². The Hall–Kier alpha value is -3.04. The van der Waals surface area contributed by atoms with E-state index in [1.165, 1.54) is 5.69 Å². The molecule has 1 aliphatic rings. The van der Waals surface area contributed by atoms with Crippen LogP contribution in [0.2, 0.25) is 0 Å². The van der Waals surface area contributed by atoms with E-state index in [2.05, 4.69) is 42.9 Å². The van der Waals surface area contributed by atoms with E-state index in [0.29, 0.717) is 25.4 Å². The van der Waals surface area contributed by atoms with Gasteiger partial charge in [-0.15, -0.1) is 11.3 Å². The Balaban J connectivity index is 1.45. The highest BCUT2D eigenvalue weighted by molar-refractivity contribution is 7.15. The number of thiazole rings is 1. The number of hydrogen-bond donors (Lipinski definition) is 0. The van der Waals surface area contributed by atoms with Gasteiger partial charge < -0.3 is 4.74 Å². The Labute approximate surface area is 184 Å². The molecule has 0 bridgehead atoms. The SMILES string of the molecule is CCOC(=O)c1nn(Cc2ccccn2)c2c1CN(Cc1c(C)nc3sccn13)CC2. The lowest BCUT2D eigenvalue weighted by Crippen LogP contribution is -2.32. The zero-order valence-electron chi connectivity index (χ0n) is 17.6. The molecule has 0 atom stereocenters. The van der Waals surface area contributed by atoms with E-state index in [-0.39, 0.29) is 5.97 Å². The maximum absolute atomic E-state index is 12.7. The molecule has 0 fully saturated rings. The minimum absolute atomic E-state index is 0.329. The second kappa shape index (κ2) is 8.24. The molecule has 0 unspecified atom stereocenters. The molecule has 4 aromatic rings. The monoisotopic (exact) mass is 436 g/mol. The van der Waals surface area contributed by atoms with Gasteiger partial charge in [0.1, 0.15) is 0 Å². The van der Waals surface area contributed by atoms with Crippen molar-refractivity contribution in [3.63, 3.8) is 0 Å². The third-order valence-electron chi connectivity index (χ3n) is 5.65. The Morgan fingerprint density at radius 1 is 1.29 bits per heavy atom. The zero-order chi connectivity index (χ0) is 21.4. The summed E-state index contributed by atoms with van der Waals surface area (Å²) in [6, 6.07) is 5.83. The summed E-state index contributed by atoms with van der Waals surface area (Å²) in [5, 5.41) is 6.71. The third-order valence-corrected chi connectivity index (χ3v) is 6.41. The van der Waals surface area contributed by atoms with Gasteiger partial charge in [-0.3, -0.25) is 19.0 Å². The second-order valence-corrected chi connectivity index (χ2v) is 8.51. The minimum Gasteiger partial charge on any atom is -0.461 e. The first kappa shape index (κ1) is 19.9. The summed E-state index contributed by atoms with van der Waals surface area (Å²) in [4.78, 5) is 25.1. The quantitative estimate of drug-likeness (QED) is 0.432. The number of fused-ring (bicyclic) bond motifs is 2. The molecule has 5 rings (SSSR count). The van der Waals surface area contributed by atoms with Crippen LogP contribution in [0.4, 0.5) is 0 Å². The van der Waals surface area contributed by atoms with Gasteiger partial charge in [0, 0.05) is 55.1 Å². The smallest absolute Gasteiger partial charge is 0.359 e. The van der Waals surface area contributed by atoms with E-state index in [9.17, 15) is 4.79 Å². The van der Waals surface area contributed by atoms with Crippen molar-refractivity contribution in [2.45, 2.75) is 39.9 Å². The van der Waals surface area contributed by atoms with Crippen LogP contribution in [0.1, 0.15) is 45.8 Å². The van der Waals surface area contributed by atoms with Crippen LogP contribution in [0.15, 0.2) is 36.0 Å². The lowest BCUT2D eigenvalue weighted by Gasteiger charge is -2.27. The van der Waals surface area contributed by atoms with Gasteiger partial charge in [0.05, 0.1) is 30.2 Å². The average Bonchev–Trinajstić information content (AvgIpc) is 3.44. The molecule has 0 saturated heterocycles. The molecule has 0 spiro atoms. The molecule has 4 aromatic heterocycles. The maximum Gasteiger partial charge on any atom is 0.359 e. The number of imidazole rings is 1. The van der Waals surface area contributed by atoms with Gasteiger partial charge >= 0.3 is 5.97 Å². The number of pyridine rings is 1. The number of rotatable bonds is 6. The summed E-state index contributed by atoms with van der Waals surface area (Å²) in [7, 11) is 0. The normalized spacial score (nSPS) is 14.1. The Morgan fingerprint density at radius 2 is 2.19 bits per heavy atom. The van der Waals surface area contributed by atoms with Crippen LogP contribution in [-0.2, 0) is 30.8 Å². The molecule has 1 aliphatic heterocycles. The van der Waals surface area contributed by atoms with E-state index in [4.69, 9.17) is 4.74 Å². The van der Waals surface area contributed by atoms with Crippen molar-refractivity contribution in [2.75, 3.05) is 13.2 Å². The lowest BCUT2D eigenvalue weighted by molar-refractivity contribution is 0.0515. The van der Waals surface area contributed by atoms with E-state index in [1.807, 2.05) is 29.8 Å². The number of nitrogens with zero attached hydrogens (tertiary/aromatic N) is 6. The Bertz CT molecular complexity index is 1230. The predicted octanol–water partition coefficient (Wildman–Crippen LogP) is 3.08. The van der Waals surface area contributed by atoms with Gasteiger partial charge in [0.15, 0.2) is 10.7 Å². The fourth-order valence-corrected chi connectivity index (χ4v) is 4.94. The molecule has 5 heterocycles. The van der Waals surface area contributed by atoms with Gasteiger partial charge in [-0.05, 0) is 26.0 Å². The molecule has 31 heavy (non-hydrogen) atoms. The molecule has 0 aliphatic carbocycles. The molecule has 0 N–H and O–H groups in total. The van der Waals surface area contributed by atoms with E-state index >= 15 is 0 Å². The highest BCUT2D eigenvalue weighted by Gasteiger charge is 2.29. The molecule has 0 saturated carbocycles. The molecule has 0 amide bonds. The van der Waals surface area contributed by atoms with Crippen LogP contribution in [0.25, 0.3) is 4.96 Å². The molecular formula is C22H24N6O2S. The number of esters is 1. The van der Waals surface area contributed by atoms with E-state index in [1.54, 1.807) is 17.5 Å². The first-order chi connectivity index (χ1) is 15.1. The summed E-state index contributed by atoms with van der Waals surface area (Å²) >= 11 is 1.64. The first-order valence-electron chi connectivity index (χ1n) is 10.4. The van der Waals surface area contributed by atoms with Crippen LogP contribution >= 0.6 is 11.3 Å². The van der Waals surface area contributed by atoms with E-state index in [0.717, 1.165) is 47.1 Å². The van der Waals surface area contributed by atoms with Gasteiger partial charge in [-0.2, -0.15) is 5.10 Å². The number of ether oxygens (including phenoxy) is 1. The predicted molar refractivity (Wildman–Crippen MR) is 117 cm³/mol. The summed E-state index contributed by atoms with van der Waals surface area (Å²) in [6.45, 7) is 7.06. The highest BCUT2D eigenvalue weighted by atomic mass is 32.1. The van der Waals surface area contributed by atoms with Crippen molar-refractivity contribution >= 4 is 22.3 Å². The first-order valence-corrected chi connectivity index (χ1v) is 11.3. The number of carbonyl (C=O) groups is 1. The number of carbonyl (C=O) groups excluding carboxylic acids is 1. The molecule has 0 radical (unpaired) electrons. The van der Waals surface area contributed by atoms with Crippen molar-refractivity contribution < 1.29 is 9.53 Å². The van der Waals surface area contributed by atoms with Crippen molar-refractivity contribution in [1.82, 2.24) is 29.0 Å². The van der Waals surface area contributed by atoms with Gasteiger partial charge in [-0.25, -0.2) is 9.78 Å². The molecule has 160 valence electrons. The van der Waals surface area contributed by atoms with Crippen molar-refractivity contribution in [2.24, 2.45) is 0 Å². The van der Waals surface area contributed by atoms with Gasteiger partial charge in [-0.1, -0.05) is 6.07 Å². The fraction of sp³-hybridized carbons (Fsp3) is 0.364. The van der Waals surface area contributed by atoms with E-state index < -0.39 is 0 Å². The highest BCUT2D eigenvalue weighted by Crippen LogP contribution is 2.26. The number of aromatic nitrogens is 5. The summed E-state index contributed by atoms with van der Waals surface area (Å²) in [5.74, 6) is -0.360. The second-order valence-electron chi connectivity index (χ2n) is 7.63. The average molecular weight is 437 g/mol. The van der Waals surface area contributed by atoms with Crippen LogP contribution < -0.4 is 0 Å². The van der Waals surface area contributed by atoms with Crippen molar-refractivity contribution in [1.29, 1.82) is 0 Å². The Kier molecular flexibility index (Phi) is 5.29. The van der Waals surface area contributed by atoms with Crippen LogP contribution in [0, 0.1) is 6.92 Å². The summed E-state index contributed by atoms with van der Waals surface area (Å²) < 4.78 is 9.38. The fourth-order valence-electron chi connectivity index (χ4n) is 4.16. The minimum atomic E-state index is -0.360. The van der Waals surface area contributed by atoms with Crippen molar-refractivity contribution in [3.05, 3.63) is 70.0 Å². The number of hydrogen-bond acceptors (Lipinski definition) is 7. The molecule has 0 aromatic carbocycles. The van der Waals surface area contributed by atoms with Gasteiger partial charge in [0.2, 0.25) is 0 Å².